The molecule has 0 radical (unpaired) electrons. The monoisotopic (exact) mass is 295 g/mol. The Labute approximate surface area is 123 Å². The Balaban J connectivity index is 2.68. The van der Waals surface area contributed by atoms with Gasteiger partial charge < -0.3 is 5.73 Å². The number of para-hydroxylation sites is 1. The smallest absolute Gasteiger partial charge is 0.150 e. The van der Waals surface area contributed by atoms with Crippen LogP contribution in [0.25, 0.3) is 5.69 Å². The van der Waals surface area contributed by atoms with E-state index in [1.54, 1.807) is 16.8 Å². The average Bonchev–Trinajstić information content (AvgIpc) is 2.77. The fraction of sp³-hybridized carbons (Fsp3) is 0.400. The zero-order valence-corrected chi connectivity index (χ0v) is 12.5. The van der Waals surface area contributed by atoms with Gasteiger partial charge in [-0.15, -0.1) is 0 Å². The molecule has 0 unspecified atom stereocenters. The first kappa shape index (κ1) is 15.0. The van der Waals surface area contributed by atoms with Crippen LogP contribution in [0.2, 0.25) is 5.02 Å². The quantitative estimate of drug-likeness (QED) is 0.920. The summed E-state index contributed by atoms with van der Waals surface area (Å²) in [5, 5.41) is 4.91. The molecule has 1 aromatic heterocycles. The number of nitrogens with zero attached hydrogens (tertiary/aromatic N) is 2. The van der Waals surface area contributed by atoms with Gasteiger partial charge in [0.05, 0.1) is 10.7 Å². The van der Waals surface area contributed by atoms with Crippen molar-refractivity contribution in [1.82, 2.24) is 9.78 Å². The fourth-order valence-electron chi connectivity index (χ4n) is 2.49. The SMILES string of the molecule is CCc1nn(-c2c(F)cccc2Cl)c(CC)c1CCN. The van der Waals surface area contributed by atoms with E-state index < -0.39 is 0 Å². The Bertz CT molecular complexity index is 587. The molecule has 2 rings (SSSR count). The van der Waals surface area contributed by atoms with Gasteiger partial charge in [-0.3, -0.25) is 0 Å². The molecule has 0 saturated carbocycles. The first-order chi connectivity index (χ1) is 9.63. The number of rotatable bonds is 5. The van der Waals surface area contributed by atoms with Crippen LogP contribution in [0, 0.1) is 5.82 Å². The van der Waals surface area contributed by atoms with Gasteiger partial charge in [0.2, 0.25) is 0 Å². The van der Waals surface area contributed by atoms with Gasteiger partial charge in [0, 0.05) is 5.69 Å². The molecule has 2 N–H and O–H groups in total. The van der Waals surface area contributed by atoms with Gasteiger partial charge >= 0.3 is 0 Å². The topological polar surface area (TPSA) is 43.8 Å². The lowest BCUT2D eigenvalue weighted by atomic mass is 10.1. The summed E-state index contributed by atoms with van der Waals surface area (Å²) in [5.41, 5.74) is 9.07. The predicted octanol–water partition coefficient (Wildman–Crippen LogP) is 3.29. The third-order valence-electron chi connectivity index (χ3n) is 3.39. The molecule has 108 valence electrons. The van der Waals surface area contributed by atoms with Crippen molar-refractivity contribution in [2.45, 2.75) is 33.1 Å². The zero-order valence-electron chi connectivity index (χ0n) is 11.8. The van der Waals surface area contributed by atoms with Crippen molar-refractivity contribution in [3.63, 3.8) is 0 Å². The van der Waals surface area contributed by atoms with Gasteiger partial charge in [-0.1, -0.05) is 31.5 Å². The van der Waals surface area contributed by atoms with Crippen molar-refractivity contribution in [3.05, 3.63) is 46.0 Å². The van der Waals surface area contributed by atoms with Crippen molar-refractivity contribution in [1.29, 1.82) is 0 Å². The summed E-state index contributed by atoms with van der Waals surface area (Å²) in [4.78, 5) is 0. The third-order valence-corrected chi connectivity index (χ3v) is 3.69. The highest BCUT2D eigenvalue weighted by atomic mass is 35.5. The summed E-state index contributed by atoms with van der Waals surface area (Å²) in [6.45, 7) is 4.62. The average molecular weight is 296 g/mol. The van der Waals surface area contributed by atoms with E-state index in [2.05, 4.69) is 5.10 Å². The van der Waals surface area contributed by atoms with E-state index in [0.717, 1.165) is 36.2 Å². The van der Waals surface area contributed by atoms with Crippen LogP contribution in [-0.4, -0.2) is 16.3 Å². The van der Waals surface area contributed by atoms with Crippen molar-refractivity contribution >= 4 is 11.6 Å². The molecular formula is C15H19ClFN3. The fourth-order valence-corrected chi connectivity index (χ4v) is 2.74. The molecule has 5 heteroatoms. The van der Waals surface area contributed by atoms with Crippen LogP contribution in [0.15, 0.2) is 18.2 Å². The van der Waals surface area contributed by atoms with Gasteiger partial charge in [-0.25, -0.2) is 9.07 Å². The Morgan fingerprint density at radius 3 is 2.60 bits per heavy atom. The standard InChI is InChI=1S/C15H19ClFN3/c1-3-13-10(8-9-18)14(4-2)20(19-13)15-11(16)6-5-7-12(15)17/h5-7H,3-4,8-9,18H2,1-2H3. The Kier molecular flexibility index (Phi) is 4.78. The maximum absolute atomic E-state index is 14.1. The lowest BCUT2D eigenvalue weighted by Gasteiger charge is -2.10. The maximum Gasteiger partial charge on any atom is 0.150 e. The van der Waals surface area contributed by atoms with Gasteiger partial charge in [-0.05, 0) is 43.5 Å². The lowest BCUT2D eigenvalue weighted by molar-refractivity contribution is 0.606. The minimum Gasteiger partial charge on any atom is -0.330 e. The maximum atomic E-state index is 14.1. The van der Waals surface area contributed by atoms with Crippen molar-refractivity contribution in [2.24, 2.45) is 5.73 Å². The van der Waals surface area contributed by atoms with Crippen LogP contribution in [0.1, 0.15) is 30.8 Å². The third kappa shape index (κ3) is 2.58. The molecule has 0 bridgehead atoms. The van der Waals surface area contributed by atoms with Crippen LogP contribution in [0.5, 0.6) is 0 Å². The number of hydrogen-bond acceptors (Lipinski definition) is 2. The summed E-state index contributed by atoms with van der Waals surface area (Å²) in [5.74, 6) is -0.364. The molecule has 0 atom stereocenters. The first-order valence-corrected chi connectivity index (χ1v) is 7.25. The molecule has 0 aliphatic heterocycles. The number of hydrogen-bond donors (Lipinski definition) is 1. The van der Waals surface area contributed by atoms with E-state index in [-0.39, 0.29) is 5.82 Å². The largest absolute Gasteiger partial charge is 0.330 e. The second kappa shape index (κ2) is 6.37. The normalized spacial score (nSPS) is 11.1. The van der Waals surface area contributed by atoms with Gasteiger partial charge in [-0.2, -0.15) is 5.10 Å². The minimum atomic E-state index is -0.364. The molecule has 0 aliphatic carbocycles. The summed E-state index contributed by atoms with van der Waals surface area (Å²) in [6.07, 6.45) is 2.30. The first-order valence-electron chi connectivity index (χ1n) is 6.88. The highest BCUT2D eigenvalue weighted by molar-refractivity contribution is 6.32. The van der Waals surface area contributed by atoms with E-state index in [1.807, 2.05) is 13.8 Å². The second-order valence-corrected chi connectivity index (χ2v) is 5.01. The van der Waals surface area contributed by atoms with E-state index in [9.17, 15) is 4.39 Å². The number of aryl methyl sites for hydroxylation is 1. The van der Waals surface area contributed by atoms with Crippen LogP contribution in [0.3, 0.4) is 0 Å². The van der Waals surface area contributed by atoms with E-state index >= 15 is 0 Å². The molecule has 3 nitrogen and oxygen atoms in total. The molecular weight excluding hydrogens is 277 g/mol. The highest BCUT2D eigenvalue weighted by Gasteiger charge is 2.19. The van der Waals surface area contributed by atoms with Gasteiger partial charge in [0.25, 0.3) is 0 Å². The van der Waals surface area contributed by atoms with E-state index in [1.165, 1.54) is 6.07 Å². The molecule has 2 aromatic rings. The molecule has 0 saturated heterocycles. The van der Waals surface area contributed by atoms with Gasteiger partial charge in [0.1, 0.15) is 11.5 Å². The minimum absolute atomic E-state index is 0.323. The van der Waals surface area contributed by atoms with Crippen LogP contribution >= 0.6 is 11.6 Å². The lowest BCUT2D eigenvalue weighted by Crippen LogP contribution is -2.08. The van der Waals surface area contributed by atoms with E-state index in [4.69, 9.17) is 17.3 Å². The van der Waals surface area contributed by atoms with Crippen molar-refractivity contribution in [2.75, 3.05) is 6.54 Å². The second-order valence-electron chi connectivity index (χ2n) is 4.60. The molecule has 1 heterocycles. The molecule has 0 spiro atoms. The number of aromatic nitrogens is 2. The van der Waals surface area contributed by atoms with Crippen LogP contribution in [0.4, 0.5) is 4.39 Å². The van der Waals surface area contributed by atoms with Crippen LogP contribution in [-0.2, 0) is 19.3 Å². The van der Waals surface area contributed by atoms with Crippen molar-refractivity contribution < 1.29 is 4.39 Å². The zero-order chi connectivity index (χ0) is 14.7. The highest BCUT2D eigenvalue weighted by Crippen LogP contribution is 2.27. The molecule has 0 fully saturated rings. The molecule has 1 aromatic carbocycles. The Morgan fingerprint density at radius 1 is 1.30 bits per heavy atom. The number of benzene rings is 1. The summed E-state index contributed by atoms with van der Waals surface area (Å²) in [7, 11) is 0. The van der Waals surface area contributed by atoms with Gasteiger partial charge in [0.15, 0.2) is 0 Å². The molecule has 20 heavy (non-hydrogen) atoms. The number of halogens is 2. The number of nitrogens with two attached hydrogens (primary N) is 1. The summed E-state index contributed by atoms with van der Waals surface area (Å²) in [6, 6.07) is 4.67. The van der Waals surface area contributed by atoms with Crippen LogP contribution < -0.4 is 5.73 Å². The summed E-state index contributed by atoms with van der Waals surface area (Å²) < 4.78 is 15.8. The molecule has 0 amide bonds. The Morgan fingerprint density at radius 2 is 2.05 bits per heavy atom. The van der Waals surface area contributed by atoms with Crippen molar-refractivity contribution in [3.8, 4) is 5.69 Å². The predicted molar refractivity (Wildman–Crippen MR) is 80.0 cm³/mol. The summed E-state index contributed by atoms with van der Waals surface area (Å²) >= 11 is 6.15. The van der Waals surface area contributed by atoms with E-state index in [0.29, 0.717) is 17.3 Å². The Hall–Kier alpha value is -1.39. The molecule has 0 aliphatic rings.